The van der Waals surface area contributed by atoms with Gasteiger partial charge in [0.2, 0.25) is 0 Å². The first-order valence-electron chi connectivity index (χ1n) is 6.51. The average Bonchev–Trinajstić information content (AvgIpc) is 2.34. The highest BCUT2D eigenvalue weighted by molar-refractivity contribution is 5.26. The Morgan fingerprint density at radius 2 is 1.95 bits per heavy atom. The zero-order valence-corrected chi connectivity index (χ0v) is 11.0. The van der Waals surface area contributed by atoms with E-state index in [-0.39, 0.29) is 24.7 Å². The van der Waals surface area contributed by atoms with Gasteiger partial charge in [-0.25, -0.2) is 13.2 Å². The number of likely N-dealkylation sites (tertiary alicyclic amines) is 1. The molecule has 0 amide bonds. The second-order valence-electron chi connectivity index (χ2n) is 5.27. The van der Waals surface area contributed by atoms with Crippen molar-refractivity contribution in [1.82, 2.24) is 4.90 Å². The second kappa shape index (κ2) is 5.51. The van der Waals surface area contributed by atoms with E-state index < -0.39 is 5.92 Å². The van der Waals surface area contributed by atoms with Crippen LogP contribution < -0.4 is 5.73 Å². The van der Waals surface area contributed by atoms with Crippen molar-refractivity contribution in [2.45, 2.75) is 38.3 Å². The summed E-state index contributed by atoms with van der Waals surface area (Å²) in [6, 6.07) is 4.71. The van der Waals surface area contributed by atoms with E-state index in [1.54, 1.807) is 19.1 Å². The van der Waals surface area contributed by atoms with Gasteiger partial charge in [-0.05, 0) is 18.6 Å². The van der Waals surface area contributed by atoms with Crippen LogP contribution in [0.5, 0.6) is 0 Å². The molecule has 0 saturated carbocycles. The van der Waals surface area contributed by atoms with Gasteiger partial charge in [0.15, 0.2) is 0 Å². The number of rotatable bonds is 3. The lowest BCUT2D eigenvalue weighted by Crippen LogP contribution is -2.39. The van der Waals surface area contributed by atoms with Crippen LogP contribution in [-0.4, -0.2) is 23.9 Å². The van der Waals surface area contributed by atoms with Gasteiger partial charge < -0.3 is 5.73 Å². The van der Waals surface area contributed by atoms with Crippen molar-refractivity contribution in [3.63, 3.8) is 0 Å². The molecule has 1 aromatic carbocycles. The molecule has 2 N–H and O–H groups in total. The second-order valence-corrected chi connectivity index (χ2v) is 5.27. The molecule has 2 nitrogen and oxygen atoms in total. The van der Waals surface area contributed by atoms with Gasteiger partial charge in [0, 0.05) is 44.1 Å². The summed E-state index contributed by atoms with van der Waals surface area (Å²) in [5.74, 6) is -2.87. The van der Waals surface area contributed by atoms with Crippen molar-refractivity contribution in [3.05, 3.63) is 35.1 Å². The van der Waals surface area contributed by atoms with Crippen LogP contribution in [0, 0.1) is 5.82 Å². The number of halogens is 3. The molecule has 0 aromatic heterocycles. The van der Waals surface area contributed by atoms with Crippen LogP contribution in [0.15, 0.2) is 18.2 Å². The maximum atomic E-state index is 13.9. The molecule has 2 rings (SSSR count). The molecule has 0 bridgehead atoms. The van der Waals surface area contributed by atoms with Gasteiger partial charge in [0.1, 0.15) is 5.82 Å². The molecule has 1 fully saturated rings. The van der Waals surface area contributed by atoms with Crippen LogP contribution in [-0.2, 0) is 6.54 Å². The Kier molecular flexibility index (Phi) is 4.16. The predicted molar refractivity (Wildman–Crippen MR) is 68.5 cm³/mol. The topological polar surface area (TPSA) is 29.3 Å². The highest BCUT2D eigenvalue weighted by atomic mass is 19.3. The lowest BCUT2D eigenvalue weighted by Gasteiger charge is -2.31. The van der Waals surface area contributed by atoms with Gasteiger partial charge in [-0.3, -0.25) is 4.90 Å². The van der Waals surface area contributed by atoms with Crippen molar-refractivity contribution >= 4 is 0 Å². The quantitative estimate of drug-likeness (QED) is 0.916. The normalized spacial score (nSPS) is 21.3. The minimum atomic E-state index is -2.56. The molecule has 0 unspecified atom stereocenters. The van der Waals surface area contributed by atoms with Gasteiger partial charge in [-0.2, -0.15) is 0 Å². The number of nitrogens with two attached hydrogens (primary N) is 1. The highest BCUT2D eigenvalue weighted by Gasteiger charge is 2.33. The third-order valence-corrected chi connectivity index (χ3v) is 3.58. The molecule has 0 radical (unpaired) electrons. The Labute approximate surface area is 111 Å². The number of hydrogen-bond acceptors (Lipinski definition) is 2. The van der Waals surface area contributed by atoms with E-state index >= 15 is 0 Å². The van der Waals surface area contributed by atoms with Gasteiger partial charge in [0.05, 0.1) is 0 Å². The largest absolute Gasteiger partial charge is 0.324 e. The van der Waals surface area contributed by atoms with Crippen molar-refractivity contribution in [2.75, 3.05) is 13.1 Å². The SMILES string of the molecule is C[C@H](N)c1ccc(CN2CCC(F)(F)CC2)c(F)c1. The fourth-order valence-electron chi connectivity index (χ4n) is 2.25. The molecule has 106 valence electrons. The summed E-state index contributed by atoms with van der Waals surface area (Å²) in [6.45, 7) is 2.78. The van der Waals surface area contributed by atoms with Crippen LogP contribution in [0.25, 0.3) is 0 Å². The van der Waals surface area contributed by atoms with E-state index in [0.717, 1.165) is 5.56 Å². The van der Waals surface area contributed by atoms with Crippen molar-refractivity contribution in [3.8, 4) is 0 Å². The molecule has 1 aliphatic heterocycles. The van der Waals surface area contributed by atoms with Crippen molar-refractivity contribution in [2.24, 2.45) is 5.73 Å². The first-order chi connectivity index (χ1) is 8.87. The lowest BCUT2D eigenvalue weighted by molar-refractivity contribution is -0.0567. The van der Waals surface area contributed by atoms with E-state index in [1.165, 1.54) is 6.07 Å². The fourth-order valence-corrected chi connectivity index (χ4v) is 2.25. The van der Waals surface area contributed by atoms with Crippen LogP contribution in [0.4, 0.5) is 13.2 Å². The average molecular weight is 272 g/mol. The van der Waals surface area contributed by atoms with Crippen LogP contribution in [0.3, 0.4) is 0 Å². The Morgan fingerprint density at radius 1 is 1.32 bits per heavy atom. The summed E-state index contributed by atoms with van der Waals surface area (Å²) in [5.41, 5.74) is 6.97. The number of alkyl halides is 2. The minimum Gasteiger partial charge on any atom is -0.324 e. The Hall–Kier alpha value is -1.07. The van der Waals surface area contributed by atoms with Gasteiger partial charge in [-0.1, -0.05) is 12.1 Å². The predicted octanol–water partition coefficient (Wildman–Crippen LogP) is 3.08. The van der Waals surface area contributed by atoms with Gasteiger partial charge in [-0.15, -0.1) is 0 Å². The molecule has 1 saturated heterocycles. The first kappa shape index (κ1) is 14.3. The fraction of sp³-hybridized carbons (Fsp3) is 0.571. The van der Waals surface area contributed by atoms with E-state index in [1.807, 2.05) is 4.90 Å². The summed E-state index contributed by atoms with van der Waals surface area (Å²) in [6.07, 6.45) is -0.293. The first-order valence-corrected chi connectivity index (χ1v) is 6.51. The Morgan fingerprint density at radius 3 is 2.47 bits per heavy atom. The maximum Gasteiger partial charge on any atom is 0.250 e. The molecule has 1 atom stereocenters. The van der Waals surface area contributed by atoms with E-state index in [0.29, 0.717) is 25.2 Å². The summed E-state index contributed by atoms with van der Waals surface area (Å²) >= 11 is 0. The van der Waals surface area contributed by atoms with Crippen molar-refractivity contribution in [1.29, 1.82) is 0 Å². The number of hydrogen-bond donors (Lipinski definition) is 1. The molecule has 19 heavy (non-hydrogen) atoms. The molecular weight excluding hydrogens is 253 g/mol. The molecule has 5 heteroatoms. The molecule has 1 aromatic rings. The van der Waals surface area contributed by atoms with E-state index in [9.17, 15) is 13.2 Å². The molecule has 0 aliphatic carbocycles. The van der Waals surface area contributed by atoms with Crippen LogP contribution in [0.1, 0.15) is 36.9 Å². The standard InChI is InChI=1S/C14H19F3N2/c1-10(18)11-2-3-12(13(15)8-11)9-19-6-4-14(16,17)5-7-19/h2-3,8,10H,4-7,9,18H2,1H3/t10-/m0/s1. The minimum absolute atomic E-state index is 0.146. The van der Waals surface area contributed by atoms with Gasteiger partial charge >= 0.3 is 0 Å². The third kappa shape index (κ3) is 3.70. The molecular formula is C14H19F3N2. The summed E-state index contributed by atoms with van der Waals surface area (Å²) in [5, 5.41) is 0. The smallest absolute Gasteiger partial charge is 0.250 e. The number of nitrogens with zero attached hydrogens (tertiary/aromatic N) is 1. The molecule has 0 spiro atoms. The molecule has 1 heterocycles. The highest BCUT2D eigenvalue weighted by Crippen LogP contribution is 2.28. The zero-order valence-electron chi connectivity index (χ0n) is 11.0. The van der Waals surface area contributed by atoms with Gasteiger partial charge in [0.25, 0.3) is 5.92 Å². The Bertz CT molecular complexity index is 436. The third-order valence-electron chi connectivity index (χ3n) is 3.58. The lowest BCUT2D eigenvalue weighted by atomic mass is 10.0. The summed E-state index contributed by atoms with van der Waals surface area (Å²) < 4.78 is 39.9. The maximum absolute atomic E-state index is 13.9. The Balaban J connectivity index is 2.00. The summed E-state index contributed by atoms with van der Waals surface area (Å²) in [7, 11) is 0. The number of benzene rings is 1. The summed E-state index contributed by atoms with van der Waals surface area (Å²) in [4.78, 5) is 1.86. The van der Waals surface area contributed by atoms with E-state index in [4.69, 9.17) is 5.73 Å². The van der Waals surface area contributed by atoms with Crippen molar-refractivity contribution < 1.29 is 13.2 Å². The zero-order chi connectivity index (χ0) is 14.0. The van der Waals surface area contributed by atoms with E-state index in [2.05, 4.69) is 0 Å². The molecule has 1 aliphatic rings. The van der Waals surface area contributed by atoms with Crippen LogP contribution in [0.2, 0.25) is 0 Å². The monoisotopic (exact) mass is 272 g/mol. The number of piperidine rings is 1. The van der Waals surface area contributed by atoms with Crippen LogP contribution >= 0.6 is 0 Å².